The maximum atomic E-state index is 11.5. The molecule has 5 N–H and O–H groups in total. The van der Waals surface area contributed by atoms with Crippen LogP contribution in [-0.2, 0) is 6.54 Å². The molecule has 0 saturated heterocycles. The van der Waals surface area contributed by atoms with Gasteiger partial charge >= 0.3 is 0 Å². The Morgan fingerprint density at radius 2 is 2.19 bits per heavy atom. The van der Waals surface area contributed by atoms with Crippen LogP contribution in [0.25, 0.3) is 0 Å². The zero-order valence-electron chi connectivity index (χ0n) is 11.4. The quantitative estimate of drug-likeness (QED) is 0.733. The molecule has 0 fully saturated rings. The molecule has 0 unspecified atom stereocenters. The van der Waals surface area contributed by atoms with Gasteiger partial charge in [0.2, 0.25) is 5.88 Å². The van der Waals surface area contributed by atoms with Gasteiger partial charge in [-0.15, -0.1) is 0 Å². The molecule has 0 spiro atoms. The number of nitrogen functional groups attached to an aromatic ring is 1. The summed E-state index contributed by atoms with van der Waals surface area (Å²) >= 11 is 6.12. The van der Waals surface area contributed by atoms with Gasteiger partial charge in [-0.1, -0.05) is 11.6 Å². The SMILES string of the molecule is COc1cc(CNc2c(Cl)cc(N)cc2C(N)=O)ccn1. The molecule has 2 rings (SSSR count). The standard InChI is InChI=1S/C14H15ClN4O2/c1-21-12-4-8(2-3-18-12)7-19-13-10(14(17)20)5-9(16)6-11(13)15/h2-6,19H,7,16H2,1H3,(H2,17,20). The Morgan fingerprint density at radius 3 is 2.86 bits per heavy atom. The highest BCUT2D eigenvalue weighted by Crippen LogP contribution is 2.29. The van der Waals surface area contributed by atoms with Crippen molar-refractivity contribution in [1.82, 2.24) is 4.98 Å². The number of aromatic nitrogens is 1. The fraction of sp³-hybridized carbons (Fsp3) is 0.143. The maximum absolute atomic E-state index is 11.5. The largest absolute Gasteiger partial charge is 0.481 e. The molecule has 0 bridgehead atoms. The van der Waals surface area contributed by atoms with Crippen LogP contribution < -0.4 is 21.5 Å². The first kappa shape index (κ1) is 14.9. The Hall–Kier alpha value is -2.47. The molecule has 21 heavy (non-hydrogen) atoms. The van der Waals surface area contributed by atoms with Crippen LogP contribution in [-0.4, -0.2) is 18.0 Å². The Balaban J connectivity index is 2.25. The number of nitrogens with two attached hydrogens (primary N) is 2. The van der Waals surface area contributed by atoms with E-state index in [1.165, 1.54) is 6.07 Å². The van der Waals surface area contributed by atoms with Crippen LogP contribution in [0.15, 0.2) is 30.5 Å². The highest BCUT2D eigenvalue weighted by atomic mass is 35.5. The number of nitrogens with one attached hydrogen (secondary N) is 1. The van der Waals surface area contributed by atoms with E-state index in [4.69, 9.17) is 27.8 Å². The molecule has 0 aliphatic heterocycles. The molecule has 0 aliphatic carbocycles. The lowest BCUT2D eigenvalue weighted by atomic mass is 10.1. The number of nitrogens with zero attached hydrogens (tertiary/aromatic N) is 1. The van der Waals surface area contributed by atoms with Gasteiger partial charge < -0.3 is 21.5 Å². The van der Waals surface area contributed by atoms with Crippen molar-refractivity contribution in [1.29, 1.82) is 0 Å². The van der Waals surface area contributed by atoms with E-state index in [0.717, 1.165) is 5.56 Å². The minimum atomic E-state index is -0.598. The number of amides is 1. The minimum absolute atomic E-state index is 0.251. The summed E-state index contributed by atoms with van der Waals surface area (Å²) in [6, 6.07) is 6.65. The van der Waals surface area contributed by atoms with Crippen molar-refractivity contribution in [2.75, 3.05) is 18.2 Å². The van der Waals surface area contributed by atoms with E-state index in [1.807, 2.05) is 6.07 Å². The number of hydrogen-bond acceptors (Lipinski definition) is 5. The zero-order chi connectivity index (χ0) is 15.4. The summed E-state index contributed by atoms with van der Waals surface area (Å²) in [7, 11) is 1.54. The molecule has 0 atom stereocenters. The van der Waals surface area contributed by atoms with E-state index in [-0.39, 0.29) is 5.56 Å². The Kier molecular flexibility index (Phi) is 4.49. The lowest BCUT2D eigenvalue weighted by molar-refractivity contribution is 0.100. The second-order valence-electron chi connectivity index (χ2n) is 4.35. The molecule has 1 heterocycles. The third-order valence-electron chi connectivity index (χ3n) is 2.86. The van der Waals surface area contributed by atoms with Gasteiger partial charge in [-0.25, -0.2) is 4.98 Å². The molecule has 0 aliphatic rings. The molecule has 6 nitrogen and oxygen atoms in total. The van der Waals surface area contributed by atoms with Crippen LogP contribution in [0.5, 0.6) is 5.88 Å². The van der Waals surface area contributed by atoms with Crippen LogP contribution in [0.1, 0.15) is 15.9 Å². The number of ether oxygens (including phenoxy) is 1. The number of pyridine rings is 1. The predicted molar refractivity (Wildman–Crippen MR) is 82.5 cm³/mol. The predicted octanol–water partition coefficient (Wildman–Crippen LogP) is 2.04. The Bertz CT molecular complexity index is 676. The van der Waals surface area contributed by atoms with Crippen LogP contribution in [0.4, 0.5) is 11.4 Å². The van der Waals surface area contributed by atoms with Crippen molar-refractivity contribution >= 4 is 28.9 Å². The molecular weight excluding hydrogens is 292 g/mol. The van der Waals surface area contributed by atoms with Gasteiger partial charge in [0.1, 0.15) is 0 Å². The number of primary amides is 1. The molecule has 1 aromatic carbocycles. The number of halogens is 1. The van der Waals surface area contributed by atoms with E-state index < -0.39 is 5.91 Å². The molecule has 1 amide bonds. The molecule has 2 aromatic rings. The number of anilines is 2. The van der Waals surface area contributed by atoms with E-state index in [1.54, 1.807) is 25.4 Å². The van der Waals surface area contributed by atoms with Crippen LogP contribution in [0, 0.1) is 0 Å². The molecule has 0 saturated carbocycles. The van der Waals surface area contributed by atoms with Crippen molar-refractivity contribution in [3.63, 3.8) is 0 Å². The molecule has 110 valence electrons. The highest BCUT2D eigenvalue weighted by Gasteiger charge is 2.13. The summed E-state index contributed by atoms with van der Waals surface area (Å²) < 4.78 is 5.05. The van der Waals surface area contributed by atoms with E-state index >= 15 is 0 Å². The van der Waals surface area contributed by atoms with Crippen molar-refractivity contribution < 1.29 is 9.53 Å². The number of carbonyl (C=O) groups excluding carboxylic acids is 1. The van der Waals surface area contributed by atoms with Crippen molar-refractivity contribution in [3.8, 4) is 5.88 Å². The summed E-state index contributed by atoms with van der Waals surface area (Å²) in [6.45, 7) is 0.433. The first-order valence-corrected chi connectivity index (χ1v) is 6.50. The van der Waals surface area contributed by atoms with Crippen LogP contribution in [0.2, 0.25) is 5.02 Å². The average molecular weight is 307 g/mol. The molecular formula is C14H15ClN4O2. The van der Waals surface area contributed by atoms with Crippen molar-refractivity contribution in [3.05, 3.63) is 46.6 Å². The Morgan fingerprint density at radius 1 is 1.43 bits per heavy atom. The number of carbonyl (C=O) groups is 1. The fourth-order valence-corrected chi connectivity index (χ4v) is 2.16. The second-order valence-corrected chi connectivity index (χ2v) is 4.76. The topological polar surface area (TPSA) is 103 Å². The van der Waals surface area contributed by atoms with Gasteiger partial charge in [0, 0.05) is 24.5 Å². The monoisotopic (exact) mass is 306 g/mol. The fourth-order valence-electron chi connectivity index (χ4n) is 1.86. The summed E-state index contributed by atoms with van der Waals surface area (Å²) in [5.74, 6) is -0.0909. The maximum Gasteiger partial charge on any atom is 0.250 e. The molecule has 7 heteroatoms. The van der Waals surface area contributed by atoms with Gasteiger partial charge in [0.15, 0.2) is 0 Å². The summed E-state index contributed by atoms with van der Waals surface area (Å²) in [4.78, 5) is 15.5. The molecule has 1 aromatic heterocycles. The minimum Gasteiger partial charge on any atom is -0.481 e. The first-order valence-electron chi connectivity index (χ1n) is 6.13. The lowest BCUT2D eigenvalue weighted by Gasteiger charge is -2.13. The first-order chi connectivity index (χ1) is 10.0. The highest BCUT2D eigenvalue weighted by molar-refractivity contribution is 6.34. The third-order valence-corrected chi connectivity index (χ3v) is 3.15. The number of hydrogen-bond donors (Lipinski definition) is 3. The number of rotatable bonds is 5. The van der Waals surface area contributed by atoms with E-state index in [0.29, 0.717) is 28.8 Å². The normalized spacial score (nSPS) is 10.2. The third kappa shape index (κ3) is 3.55. The Labute approximate surface area is 127 Å². The van der Waals surface area contributed by atoms with Crippen LogP contribution >= 0.6 is 11.6 Å². The van der Waals surface area contributed by atoms with Crippen LogP contribution in [0.3, 0.4) is 0 Å². The van der Waals surface area contributed by atoms with Gasteiger partial charge in [0.25, 0.3) is 5.91 Å². The lowest BCUT2D eigenvalue weighted by Crippen LogP contribution is -2.15. The number of methoxy groups -OCH3 is 1. The smallest absolute Gasteiger partial charge is 0.250 e. The van der Waals surface area contributed by atoms with Gasteiger partial charge in [-0.2, -0.15) is 0 Å². The van der Waals surface area contributed by atoms with Gasteiger partial charge in [-0.05, 0) is 23.8 Å². The van der Waals surface area contributed by atoms with E-state index in [9.17, 15) is 4.79 Å². The van der Waals surface area contributed by atoms with E-state index in [2.05, 4.69) is 10.3 Å². The summed E-state index contributed by atoms with van der Waals surface area (Å²) in [5, 5.41) is 3.42. The van der Waals surface area contributed by atoms with Gasteiger partial charge in [-0.3, -0.25) is 4.79 Å². The molecule has 0 radical (unpaired) electrons. The van der Waals surface area contributed by atoms with Crippen molar-refractivity contribution in [2.24, 2.45) is 5.73 Å². The summed E-state index contributed by atoms with van der Waals surface area (Å²) in [6.07, 6.45) is 1.63. The van der Waals surface area contributed by atoms with Crippen molar-refractivity contribution in [2.45, 2.75) is 6.54 Å². The van der Waals surface area contributed by atoms with Gasteiger partial charge in [0.05, 0.1) is 23.4 Å². The average Bonchev–Trinajstić information content (AvgIpc) is 2.45. The second kappa shape index (κ2) is 6.32. The summed E-state index contributed by atoms with van der Waals surface area (Å²) in [5.41, 5.74) is 13.0. The zero-order valence-corrected chi connectivity index (χ0v) is 12.1. The number of benzene rings is 1.